The Balaban J connectivity index is 3.35. The second-order valence-electron chi connectivity index (χ2n) is 3.12. The predicted molar refractivity (Wildman–Crippen MR) is 50.5 cm³/mol. The monoisotopic (exact) mass is 250 g/mol. The van der Waals surface area contributed by atoms with Gasteiger partial charge in [-0.2, -0.15) is 0 Å². The van der Waals surface area contributed by atoms with Gasteiger partial charge in [-0.25, -0.2) is 4.79 Å². The largest absolute Gasteiger partial charge is 0.573 e. The Morgan fingerprint density at radius 1 is 1.59 bits per heavy atom. The molecule has 0 aliphatic heterocycles. The first-order chi connectivity index (χ1) is 7.76. The number of nitrogens with zero attached hydrogens (tertiary/aromatic N) is 1. The Labute approximate surface area is 94.0 Å². The molecule has 0 aliphatic rings. The third-order valence-electron chi connectivity index (χ3n) is 1.97. The lowest BCUT2D eigenvalue weighted by Crippen LogP contribution is -2.21. The van der Waals surface area contributed by atoms with Crippen LogP contribution in [0.15, 0.2) is 6.20 Å². The zero-order valence-corrected chi connectivity index (χ0v) is 8.71. The number of ether oxygens (including phenoxy) is 1. The van der Waals surface area contributed by atoms with E-state index in [1.165, 1.54) is 6.92 Å². The van der Waals surface area contributed by atoms with Crippen LogP contribution in [0.25, 0.3) is 0 Å². The number of rotatable bonds is 3. The first kappa shape index (κ1) is 13.2. The summed E-state index contributed by atoms with van der Waals surface area (Å²) in [5.74, 6) is -2.06. The second kappa shape index (κ2) is 4.58. The van der Waals surface area contributed by atoms with Gasteiger partial charge in [0, 0.05) is 18.3 Å². The normalized spacial score (nSPS) is 11.4. The first-order valence-electron chi connectivity index (χ1n) is 4.44. The number of carboxylic acid groups (broad SMARTS) is 1. The fourth-order valence-electron chi connectivity index (χ4n) is 1.28. The zero-order valence-electron chi connectivity index (χ0n) is 8.71. The third kappa shape index (κ3) is 3.06. The Hall–Kier alpha value is -1.83. The Bertz CT molecular complexity index is 446. The van der Waals surface area contributed by atoms with Crippen LogP contribution in [0.4, 0.5) is 13.2 Å². The lowest BCUT2D eigenvalue weighted by molar-refractivity contribution is -0.275. The van der Waals surface area contributed by atoms with Crippen LogP contribution in [0.2, 0.25) is 0 Å². The summed E-state index contributed by atoms with van der Waals surface area (Å²) in [6.45, 7) is 0.877. The number of pyridine rings is 1. The molecule has 8 heteroatoms. The molecule has 0 amide bonds. The van der Waals surface area contributed by atoms with Crippen molar-refractivity contribution in [3.05, 3.63) is 23.0 Å². The highest BCUT2D eigenvalue weighted by Gasteiger charge is 2.34. The van der Waals surface area contributed by atoms with Gasteiger partial charge in [-0.1, -0.05) is 0 Å². The van der Waals surface area contributed by atoms with Crippen molar-refractivity contribution in [1.82, 2.24) is 4.98 Å². The maximum absolute atomic E-state index is 12.1. The number of alkyl halides is 3. The molecule has 0 saturated carbocycles. The average molecular weight is 250 g/mol. The molecular formula is C9H9F3N2O3. The average Bonchev–Trinajstić information content (AvgIpc) is 2.18. The minimum Gasteiger partial charge on any atom is -0.478 e. The van der Waals surface area contributed by atoms with Crippen molar-refractivity contribution in [2.75, 3.05) is 0 Å². The maximum atomic E-state index is 12.1. The van der Waals surface area contributed by atoms with E-state index in [4.69, 9.17) is 10.8 Å². The summed E-state index contributed by atoms with van der Waals surface area (Å²) in [5.41, 5.74) is 4.52. The van der Waals surface area contributed by atoms with Gasteiger partial charge in [0.15, 0.2) is 5.75 Å². The van der Waals surface area contributed by atoms with Gasteiger partial charge in [-0.3, -0.25) is 4.98 Å². The summed E-state index contributed by atoms with van der Waals surface area (Å²) in [6, 6.07) is 0. The zero-order chi connectivity index (χ0) is 13.2. The SMILES string of the molecule is Cc1ncc(C(=O)O)c(CN)c1OC(F)(F)F. The Morgan fingerprint density at radius 2 is 2.18 bits per heavy atom. The lowest BCUT2D eigenvalue weighted by Gasteiger charge is -2.15. The Morgan fingerprint density at radius 3 is 2.59 bits per heavy atom. The van der Waals surface area contributed by atoms with Gasteiger partial charge in [0.1, 0.15) is 0 Å². The fourth-order valence-corrected chi connectivity index (χ4v) is 1.28. The number of aromatic nitrogens is 1. The van der Waals surface area contributed by atoms with Gasteiger partial charge in [-0.05, 0) is 6.92 Å². The highest BCUT2D eigenvalue weighted by atomic mass is 19.4. The summed E-state index contributed by atoms with van der Waals surface area (Å²) >= 11 is 0. The van der Waals surface area contributed by atoms with Crippen LogP contribution in [0, 0.1) is 6.92 Å². The molecule has 0 aromatic carbocycles. The van der Waals surface area contributed by atoms with Gasteiger partial charge in [0.05, 0.1) is 11.3 Å². The molecule has 0 atom stereocenters. The molecule has 0 spiro atoms. The molecule has 0 fully saturated rings. The number of carbonyl (C=O) groups is 1. The number of halogens is 3. The molecule has 94 valence electrons. The van der Waals surface area contributed by atoms with E-state index in [0.29, 0.717) is 0 Å². The van der Waals surface area contributed by atoms with Crippen molar-refractivity contribution in [3.8, 4) is 5.75 Å². The van der Waals surface area contributed by atoms with Crippen LogP contribution in [-0.4, -0.2) is 22.4 Å². The molecule has 1 aromatic heterocycles. The summed E-state index contributed by atoms with van der Waals surface area (Å²) in [4.78, 5) is 14.3. The molecule has 0 radical (unpaired) electrons. The molecule has 5 nitrogen and oxygen atoms in total. The number of aryl methyl sites for hydroxylation is 1. The van der Waals surface area contributed by atoms with E-state index in [1.54, 1.807) is 0 Å². The van der Waals surface area contributed by atoms with Crippen LogP contribution in [-0.2, 0) is 6.54 Å². The van der Waals surface area contributed by atoms with Crippen molar-refractivity contribution in [2.24, 2.45) is 5.73 Å². The van der Waals surface area contributed by atoms with Crippen LogP contribution in [0.3, 0.4) is 0 Å². The van der Waals surface area contributed by atoms with Crippen molar-refractivity contribution < 1.29 is 27.8 Å². The van der Waals surface area contributed by atoms with Gasteiger partial charge in [0.2, 0.25) is 0 Å². The van der Waals surface area contributed by atoms with Crippen LogP contribution >= 0.6 is 0 Å². The molecule has 1 aromatic rings. The van der Waals surface area contributed by atoms with Crippen LogP contribution < -0.4 is 10.5 Å². The maximum Gasteiger partial charge on any atom is 0.573 e. The van der Waals surface area contributed by atoms with Gasteiger partial charge in [0.25, 0.3) is 0 Å². The molecule has 0 bridgehead atoms. The number of hydrogen-bond acceptors (Lipinski definition) is 4. The predicted octanol–water partition coefficient (Wildman–Crippen LogP) is 1.45. The van der Waals surface area contributed by atoms with Crippen LogP contribution in [0.1, 0.15) is 21.6 Å². The summed E-state index contributed by atoms with van der Waals surface area (Å²) in [6.07, 6.45) is -3.98. The van der Waals surface area contributed by atoms with Gasteiger partial charge >= 0.3 is 12.3 Å². The first-order valence-corrected chi connectivity index (χ1v) is 4.44. The summed E-state index contributed by atoms with van der Waals surface area (Å²) in [5, 5.41) is 8.78. The van der Waals surface area contributed by atoms with Gasteiger partial charge < -0.3 is 15.6 Å². The fraction of sp³-hybridized carbons (Fsp3) is 0.333. The second-order valence-corrected chi connectivity index (χ2v) is 3.12. The standard InChI is InChI=1S/C9H9F3N2O3/c1-4-7(17-9(10,11)12)5(2-13)6(3-14-4)8(15)16/h3H,2,13H2,1H3,(H,15,16). The van der Waals surface area contributed by atoms with Crippen molar-refractivity contribution >= 4 is 5.97 Å². The summed E-state index contributed by atoms with van der Waals surface area (Å²) in [7, 11) is 0. The molecule has 1 rings (SSSR count). The molecule has 3 N–H and O–H groups in total. The minimum atomic E-state index is -4.92. The van der Waals surface area contributed by atoms with Gasteiger partial charge in [-0.15, -0.1) is 13.2 Å². The minimum absolute atomic E-state index is 0.0761. The summed E-state index contributed by atoms with van der Waals surface area (Å²) < 4.78 is 40.1. The number of carboxylic acids is 1. The van der Waals surface area contributed by atoms with E-state index in [1.807, 2.05) is 0 Å². The molecule has 0 unspecified atom stereocenters. The third-order valence-corrected chi connectivity index (χ3v) is 1.97. The molecule has 17 heavy (non-hydrogen) atoms. The van der Waals surface area contributed by atoms with E-state index in [0.717, 1.165) is 6.20 Å². The van der Waals surface area contributed by atoms with Crippen molar-refractivity contribution in [3.63, 3.8) is 0 Å². The number of aromatic carboxylic acids is 1. The number of nitrogens with two attached hydrogens (primary N) is 1. The van der Waals surface area contributed by atoms with Crippen LogP contribution in [0.5, 0.6) is 5.75 Å². The highest BCUT2D eigenvalue weighted by Crippen LogP contribution is 2.30. The Kier molecular flexibility index (Phi) is 3.56. The topological polar surface area (TPSA) is 85.4 Å². The molecule has 0 aliphatic carbocycles. The quantitative estimate of drug-likeness (QED) is 0.847. The van der Waals surface area contributed by atoms with E-state index in [9.17, 15) is 18.0 Å². The van der Waals surface area contributed by atoms with Crippen molar-refractivity contribution in [2.45, 2.75) is 19.8 Å². The highest BCUT2D eigenvalue weighted by molar-refractivity contribution is 5.90. The number of hydrogen-bond donors (Lipinski definition) is 2. The van der Waals surface area contributed by atoms with E-state index in [-0.39, 0.29) is 11.3 Å². The lowest BCUT2D eigenvalue weighted by atomic mass is 10.1. The molecule has 1 heterocycles. The van der Waals surface area contributed by atoms with E-state index in [2.05, 4.69) is 9.72 Å². The van der Waals surface area contributed by atoms with Crippen molar-refractivity contribution in [1.29, 1.82) is 0 Å². The smallest absolute Gasteiger partial charge is 0.478 e. The molecule has 0 saturated heterocycles. The molecular weight excluding hydrogens is 241 g/mol. The van der Waals surface area contributed by atoms with E-state index >= 15 is 0 Å². The van der Waals surface area contributed by atoms with E-state index < -0.39 is 30.2 Å².